The van der Waals surface area contributed by atoms with Crippen LogP contribution in [0.3, 0.4) is 0 Å². The predicted octanol–water partition coefficient (Wildman–Crippen LogP) is 8.29. The quantitative estimate of drug-likeness (QED) is 0.158. The van der Waals surface area contributed by atoms with Gasteiger partial charge in [0.25, 0.3) is 12.0 Å². The van der Waals surface area contributed by atoms with E-state index in [1.165, 1.54) is 90.4 Å². The smallest absolute Gasteiger partial charge is 0.299 e. The van der Waals surface area contributed by atoms with Gasteiger partial charge in [-0.3, -0.25) is 4.98 Å². The highest BCUT2D eigenvalue weighted by molar-refractivity contribution is 5.77. The number of hydrogen-bond donors (Lipinski definition) is 1. The zero-order valence-electron chi connectivity index (χ0n) is 35.4. The fraction of sp³-hybridized carbons (Fsp3) is 0.489. The van der Waals surface area contributed by atoms with Gasteiger partial charge in [0.15, 0.2) is 11.2 Å². The number of hydrogen-bond acceptors (Lipinski definition) is 13. The molecule has 4 fully saturated rings. The number of pyridine rings is 4. The van der Waals surface area contributed by atoms with E-state index in [9.17, 15) is 0 Å². The van der Waals surface area contributed by atoms with Crippen molar-refractivity contribution in [3.8, 4) is 22.5 Å². The monoisotopic (exact) mass is 812 g/mol. The molecule has 4 aliphatic rings. The van der Waals surface area contributed by atoms with E-state index in [0.717, 1.165) is 85.2 Å². The van der Waals surface area contributed by atoms with Gasteiger partial charge in [-0.2, -0.15) is 9.97 Å². The van der Waals surface area contributed by atoms with E-state index in [0.29, 0.717) is 34.9 Å². The van der Waals surface area contributed by atoms with E-state index in [2.05, 4.69) is 64.1 Å². The second-order valence-electron chi connectivity index (χ2n) is 16.2. The van der Waals surface area contributed by atoms with Crippen molar-refractivity contribution in [2.75, 3.05) is 69.3 Å². The third-order valence-electron chi connectivity index (χ3n) is 12.5. The number of nitrogens with zero attached hydrogens (tertiary/aromatic N) is 10. The third kappa shape index (κ3) is 9.69. The average Bonchev–Trinajstić information content (AvgIpc) is 3.98. The summed E-state index contributed by atoms with van der Waals surface area (Å²) in [6.45, 7) is 15.0. The molecule has 4 aliphatic heterocycles. The van der Waals surface area contributed by atoms with Crippen molar-refractivity contribution in [3.63, 3.8) is 0 Å². The number of piperidine rings is 4. The van der Waals surface area contributed by atoms with Crippen LogP contribution in [0.25, 0.3) is 51.1 Å². The molecular formula is C47H60N10O3. The molecule has 0 spiro atoms. The first-order chi connectivity index (χ1) is 29.6. The Kier molecular flexibility index (Phi) is 13.7. The van der Waals surface area contributed by atoms with Gasteiger partial charge >= 0.3 is 0 Å². The summed E-state index contributed by atoms with van der Waals surface area (Å²) in [4.78, 5) is 37.5. The molecule has 10 heterocycles. The molecule has 0 aromatic carbocycles. The van der Waals surface area contributed by atoms with Gasteiger partial charge in [0.1, 0.15) is 0 Å². The minimum absolute atomic E-state index is 0.654. The number of aryl methyl sites for hydroxylation is 1. The highest BCUT2D eigenvalue weighted by Gasteiger charge is 2.29. The van der Waals surface area contributed by atoms with Crippen molar-refractivity contribution in [1.82, 2.24) is 39.7 Å². The van der Waals surface area contributed by atoms with Crippen LogP contribution in [0.1, 0.15) is 82.5 Å². The van der Waals surface area contributed by atoms with Crippen LogP contribution in [-0.2, 0) is 6.42 Å². The van der Waals surface area contributed by atoms with Gasteiger partial charge in [0.2, 0.25) is 11.3 Å². The predicted molar refractivity (Wildman–Crippen MR) is 239 cm³/mol. The number of rotatable bonds is 8. The Morgan fingerprint density at radius 3 is 1.55 bits per heavy atom. The fourth-order valence-electron chi connectivity index (χ4n) is 9.14. The first-order valence-electron chi connectivity index (χ1n) is 22.1. The van der Waals surface area contributed by atoms with Gasteiger partial charge in [-0.1, -0.05) is 38.5 Å². The molecule has 60 heavy (non-hydrogen) atoms. The number of oxazole rings is 2. The molecule has 0 amide bonds. The lowest BCUT2D eigenvalue weighted by Gasteiger charge is -2.39. The molecule has 1 N–H and O–H groups in total. The number of anilines is 2. The Hall–Kier alpha value is -5.24. The van der Waals surface area contributed by atoms with Crippen LogP contribution in [0.4, 0.5) is 12.0 Å². The molecule has 316 valence electrons. The molecule has 10 rings (SSSR count). The molecule has 0 atom stereocenters. The van der Waals surface area contributed by atoms with Crippen molar-refractivity contribution in [2.24, 2.45) is 0 Å². The Balaban J connectivity index is 0.000000160. The van der Waals surface area contributed by atoms with Crippen molar-refractivity contribution >= 4 is 40.6 Å². The SMILES string of the molecule is C=Cc1cccc(-c2cnc3nc(N4CCC(N5CCCCC5)CC4)oc3c2)n1.CCc1cccc(-c2cnc3nc(N4CCC(N5CCCCC5)CC4)oc3c2)n1.CO. The molecule has 0 aliphatic carbocycles. The molecule has 0 unspecified atom stereocenters. The summed E-state index contributed by atoms with van der Waals surface area (Å²) in [6.07, 6.45) is 19.2. The molecule has 0 bridgehead atoms. The summed E-state index contributed by atoms with van der Waals surface area (Å²) >= 11 is 0. The van der Waals surface area contributed by atoms with Gasteiger partial charge in [0, 0.05) is 74.6 Å². The van der Waals surface area contributed by atoms with E-state index in [1.807, 2.05) is 54.9 Å². The second kappa shape index (κ2) is 19.9. The molecular weight excluding hydrogens is 753 g/mol. The van der Waals surface area contributed by atoms with Crippen molar-refractivity contribution < 1.29 is 13.9 Å². The minimum atomic E-state index is 0.654. The third-order valence-corrected chi connectivity index (χ3v) is 12.5. The highest BCUT2D eigenvalue weighted by atomic mass is 16.4. The van der Waals surface area contributed by atoms with Crippen LogP contribution >= 0.6 is 0 Å². The maximum Gasteiger partial charge on any atom is 0.299 e. The van der Waals surface area contributed by atoms with Crippen LogP contribution in [-0.4, -0.2) is 116 Å². The lowest BCUT2D eigenvalue weighted by molar-refractivity contribution is 0.140. The largest absolute Gasteiger partial charge is 0.422 e. The molecule has 4 saturated heterocycles. The van der Waals surface area contributed by atoms with E-state index in [4.69, 9.17) is 18.9 Å². The molecule has 6 aromatic heterocycles. The Morgan fingerprint density at radius 2 is 1.08 bits per heavy atom. The summed E-state index contributed by atoms with van der Waals surface area (Å²) in [6, 6.07) is 18.8. The topological polar surface area (TPSA) is 137 Å². The maximum absolute atomic E-state index is 7.00. The summed E-state index contributed by atoms with van der Waals surface area (Å²) < 4.78 is 12.2. The van der Waals surface area contributed by atoms with Crippen LogP contribution in [0.15, 0.2) is 76.3 Å². The van der Waals surface area contributed by atoms with Crippen LogP contribution in [0.5, 0.6) is 0 Å². The molecule has 6 aromatic rings. The van der Waals surface area contributed by atoms with Crippen molar-refractivity contribution in [1.29, 1.82) is 0 Å². The summed E-state index contributed by atoms with van der Waals surface area (Å²) in [5.74, 6) is 0. The zero-order valence-corrected chi connectivity index (χ0v) is 35.4. The lowest BCUT2D eigenvalue weighted by Crippen LogP contribution is -2.46. The summed E-state index contributed by atoms with van der Waals surface area (Å²) in [7, 11) is 1.00. The van der Waals surface area contributed by atoms with Gasteiger partial charge < -0.3 is 33.5 Å². The van der Waals surface area contributed by atoms with Crippen molar-refractivity contribution in [3.05, 3.63) is 78.9 Å². The first-order valence-corrected chi connectivity index (χ1v) is 22.1. The van der Waals surface area contributed by atoms with Crippen LogP contribution in [0, 0.1) is 0 Å². The number of aliphatic hydroxyl groups excluding tert-OH is 1. The Labute approximate surface area is 353 Å². The average molecular weight is 813 g/mol. The van der Waals surface area contributed by atoms with Gasteiger partial charge in [-0.15, -0.1) is 0 Å². The Bertz CT molecular complexity index is 2300. The van der Waals surface area contributed by atoms with Crippen LogP contribution < -0.4 is 9.80 Å². The molecule has 0 radical (unpaired) electrons. The normalized spacial score (nSPS) is 18.5. The van der Waals surface area contributed by atoms with E-state index < -0.39 is 0 Å². The molecule has 13 heteroatoms. The van der Waals surface area contributed by atoms with Crippen molar-refractivity contribution in [2.45, 2.75) is 89.6 Å². The standard InChI is InChI=1S/C23H29N5O.C23H27N5O.CH4O/c2*1-2-18-7-6-8-20(25-18)17-15-21-22(24-16-17)26-23(29-21)28-13-9-19(10-14-28)27-11-4-3-5-12-27;1-2/h6-8,15-16,19H,2-5,9-14H2,1H3;2,6-8,15-16,19H,1,3-5,9-14H2;2H,1H3. The van der Waals surface area contributed by atoms with E-state index in [1.54, 1.807) is 6.08 Å². The van der Waals surface area contributed by atoms with Crippen LogP contribution in [0.2, 0.25) is 0 Å². The van der Waals surface area contributed by atoms with E-state index >= 15 is 0 Å². The second-order valence-corrected chi connectivity index (χ2v) is 16.2. The minimum Gasteiger partial charge on any atom is -0.422 e. The number of likely N-dealkylation sites (tertiary alicyclic amines) is 2. The van der Waals surface area contributed by atoms with Gasteiger partial charge in [-0.25, -0.2) is 15.0 Å². The zero-order chi connectivity index (χ0) is 41.3. The fourth-order valence-corrected chi connectivity index (χ4v) is 9.14. The molecule has 13 nitrogen and oxygen atoms in total. The van der Waals surface area contributed by atoms with Gasteiger partial charge in [-0.05, 0) is 126 Å². The highest BCUT2D eigenvalue weighted by Crippen LogP contribution is 2.31. The summed E-state index contributed by atoms with van der Waals surface area (Å²) in [5, 5.41) is 7.00. The maximum atomic E-state index is 7.00. The molecule has 0 saturated carbocycles. The van der Waals surface area contributed by atoms with Gasteiger partial charge in [0.05, 0.1) is 17.1 Å². The first kappa shape index (κ1) is 41.5. The number of aromatic nitrogens is 6. The summed E-state index contributed by atoms with van der Waals surface area (Å²) in [5.41, 5.74) is 8.38. The lowest BCUT2D eigenvalue weighted by atomic mass is 10.0. The Morgan fingerprint density at radius 1 is 0.617 bits per heavy atom. The van der Waals surface area contributed by atoms with E-state index in [-0.39, 0.29) is 0 Å². The number of aliphatic hydroxyl groups is 1. The number of fused-ring (bicyclic) bond motifs is 2.